The zero-order chi connectivity index (χ0) is 25.0. The predicted octanol–water partition coefficient (Wildman–Crippen LogP) is 3.26. The summed E-state index contributed by atoms with van der Waals surface area (Å²) >= 11 is 0. The largest absolute Gasteiger partial charge is 0.495 e. The molecule has 182 valence electrons. The number of para-hydroxylation sites is 1. The average molecular weight is 495 g/mol. The molecule has 35 heavy (non-hydrogen) atoms. The van der Waals surface area contributed by atoms with Crippen LogP contribution in [0.15, 0.2) is 77.7 Å². The number of sulfonamides is 1. The van der Waals surface area contributed by atoms with Crippen molar-refractivity contribution in [2.45, 2.75) is 17.9 Å². The second-order valence-corrected chi connectivity index (χ2v) is 10.1. The van der Waals surface area contributed by atoms with Crippen molar-refractivity contribution in [3.05, 3.63) is 89.5 Å². The summed E-state index contributed by atoms with van der Waals surface area (Å²) in [5.41, 5.74) is 2.70. The van der Waals surface area contributed by atoms with Gasteiger partial charge in [-0.15, -0.1) is 0 Å². The third-order valence-electron chi connectivity index (χ3n) is 5.85. The number of carbonyl (C=O) groups is 2. The number of amides is 1. The van der Waals surface area contributed by atoms with Crippen molar-refractivity contribution >= 4 is 27.6 Å². The first-order valence-electron chi connectivity index (χ1n) is 11.0. The maximum absolute atomic E-state index is 13.3. The summed E-state index contributed by atoms with van der Waals surface area (Å²) in [4.78, 5) is 26.8. The molecule has 0 atom stereocenters. The molecule has 0 radical (unpaired) electrons. The fraction of sp³-hybridized carbons (Fsp3) is 0.231. The van der Waals surface area contributed by atoms with E-state index in [9.17, 15) is 18.0 Å². The molecule has 0 spiro atoms. The molecular weight excluding hydrogens is 468 g/mol. The van der Waals surface area contributed by atoms with Gasteiger partial charge in [0.2, 0.25) is 10.0 Å². The number of esters is 1. The van der Waals surface area contributed by atoms with Gasteiger partial charge in [-0.25, -0.2) is 13.2 Å². The van der Waals surface area contributed by atoms with E-state index in [0.717, 1.165) is 23.2 Å². The van der Waals surface area contributed by atoms with Gasteiger partial charge >= 0.3 is 5.97 Å². The van der Waals surface area contributed by atoms with Crippen LogP contribution in [0.1, 0.15) is 21.5 Å². The highest BCUT2D eigenvalue weighted by atomic mass is 32.2. The van der Waals surface area contributed by atoms with Gasteiger partial charge in [0.1, 0.15) is 10.6 Å². The molecule has 0 saturated carbocycles. The van der Waals surface area contributed by atoms with Crippen molar-refractivity contribution < 1.29 is 27.5 Å². The van der Waals surface area contributed by atoms with Crippen LogP contribution >= 0.6 is 0 Å². The number of fused-ring (bicyclic) bond motifs is 1. The van der Waals surface area contributed by atoms with E-state index < -0.39 is 22.6 Å². The van der Waals surface area contributed by atoms with Gasteiger partial charge in [0.25, 0.3) is 5.91 Å². The maximum Gasteiger partial charge on any atom is 0.338 e. The smallest absolute Gasteiger partial charge is 0.338 e. The normalized spacial score (nSPS) is 12.9. The Balaban J connectivity index is 1.49. The van der Waals surface area contributed by atoms with E-state index in [0.29, 0.717) is 6.54 Å². The number of hydrogen-bond donors (Lipinski definition) is 0. The van der Waals surface area contributed by atoms with Crippen LogP contribution in [0.4, 0.5) is 5.69 Å². The molecule has 1 heterocycles. The molecule has 8 nitrogen and oxygen atoms in total. The van der Waals surface area contributed by atoms with E-state index in [2.05, 4.69) is 0 Å². The molecule has 0 N–H and O–H groups in total. The standard InChI is InChI=1S/C26H26N2O6S/c1-27(17-19-8-4-3-5-9-19)35(31,32)24-16-21(12-13-23(24)33-2)26(30)34-18-25(29)28-15-14-20-10-6-7-11-22(20)28/h3-13,16H,14-15,17-18H2,1-2H3. The molecule has 0 aliphatic carbocycles. The van der Waals surface area contributed by atoms with E-state index in [-0.39, 0.29) is 28.7 Å². The van der Waals surface area contributed by atoms with Crippen molar-refractivity contribution in [3.63, 3.8) is 0 Å². The molecule has 0 aromatic heterocycles. The molecule has 4 rings (SSSR count). The first-order valence-corrected chi connectivity index (χ1v) is 12.5. The molecule has 1 aliphatic heterocycles. The lowest BCUT2D eigenvalue weighted by molar-refractivity contribution is -0.121. The highest BCUT2D eigenvalue weighted by Gasteiger charge is 2.28. The molecule has 0 bridgehead atoms. The van der Waals surface area contributed by atoms with Crippen LogP contribution in [0.5, 0.6) is 5.75 Å². The summed E-state index contributed by atoms with van der Waals surface area (Å²) in [6.45, 7) is 0.219. The Labute approximate surface area is 204 Å². The van der Waals surface area contributed by atoms with Crippen molar-refractivity contribution in [2.75, 3.05) is 32.2 Å². The van der Waals surface area contributed by atoms with Gasteiger partial charge in [0.15, 0.2) is 6.61 Å². The van der Waals surface area contributed by atoms with Gasteiger partial charge in [0, 0.05) is 25.8 Å². The number of methoxy groups -OCH3 is 1. The van der Waals surface area contributed by atoms with Crippen LogP contribution in [0.25, 0.3) is 0 Å². The average Bonchev–Trinajstić information content (AvgIpc) is 3.31. The van der Waals surface area contributed by atoms with E-state index in [1.807, 2.05) is 54.6 Å². The molecular formula is C26H26N2O6S. The van der Waals surface area contributed by atoms with Gasteiger partial charge in [-0.3, -0.25) is 4.79 Å². The van der Waals surface area contributed by atoms with Crippen LogP contribution in [-0.4, -0.2) is 51.9 Å². The number of anilines is 1. The van der Waals surface area contributed by atoms with E-state index >= 15 is 0 Å². The number of rotatable bonds is 8. The highest BCUT2D eigenvalue weighted by molar-refractivity contribution is 7.89. The topological polar surface area (TPSA) is 93.2 Å². The van der Waals surface area contributed by atoms with E-state index in [1.165, 1.54) is 36.7 Å². The number of hydrogen-bond acceptors (Lipinski definition) is 6. The van der Waals surface area contributed by atoms with Crippen LogP contribution in [0.3, 0.4) is 0 Å². The number of ether oxygens (including phenoxy) is 2. The Morgan fingerprint density at radius 3 is 2.46 bits per heavy atom. The first kappa shape index (κ1) is 24.4. The summed E-state index contributed by atoms with van der Waals surface area (Å²) in [7, 11) is -1.17. The molecule has 0 saturated heterocycles. The summed E-state index contributed by atoms with van der Waals surface area (Å²) in [6, 6.07) is 20.8. The summed E-state index contributed by atoms with van der Waals surface area (Å²) in [6.07, 6.45) is 0.742. The SMILES string of the molecule is COc1ccc(C(=O)OCC(=O)N2CCc3ccccc32)cc1S(=O)(=O)N(C)Cc1ccccc1. The van der Waals surface area contributed by atoms with Crippen LogP contribution in [0.2, 0.25) is 0 Å². The quantitative estimate of drug-likeness (QED) is 0.447. The molecule has 0 fully saturated rings. The third-order valence-corrected chi connectivity index (χ3v) is 7.68. The lowest BCUT2D eigenvalue weighted by Crippen LogP contribution is -2.33. The van der Waals surface area contributed by atoms with Crippen molar-refractivity contribution in [1.29, 1.82) is 0 Å². The lowest BCUT2D eigenvalue weighted by atomic mass is 10.2. The van der Waals surface area contributed by atoms with Gasteiger partial charge < -0.3 is 14.4 Å². The minimum Gasteiger partial charge on any atom is -0.495 e. The van der Waals surface area contributed by atoms with E-state index in [1.54, 1.807) is 4.90 Å². The summed E-state index contributed by atoms with van der Waals surface area (Å²) < 4.78 is 38.2. The Morgan fingerprint density at radius 1 is 1.00 bits per heavy atom. The fourth-order valence-corrected chi connectivity index (χ4v) is 5.32. The highest BCUT2D eigenvalue weighted by Crippen LogP contribution is 2.29. The Morgan fingerprint density at radius 2 is 1.71 bits per heavy atom. The molecule has 1 amide bonds. The Kier molecular flexibility index (Phi) is 7.18. The zero-order valence-electron chi connectivity index (χ0n) is 19.5. The van der Waals surface area contributed by atoms with Crippen molar-refractivity contribution in [3.8, 4) is 5.75 Å². The molecule has 9 heteroatoms. The fourth-order valence-electron chi connectivity index (χ4n) is 3.98. The maximum atomic E-state index is 13.3. The van der Waals surface area contributed by atoms with Crippen LogP contribution < -0.4 is 9.64 Å². The van der Waals surface area contributed by atoms with Crippen LogP contribution in [-0.2, 0) is 32.5 Å². The summed E-state index contributed by atoms with van der Waals surface area (Å²) in [5, 5.41) is 0. The van der Waals surface area contributed by atoms with Crippen molar-refractivity contribution in [1.82, 2.24) is 4.31 Å². The molecule has 0 unspecified atom stereocenters. The second kappa shape index (κ2) is 10.3. The first-order chi connectivity index (χ1) is 16.8. The summed E-state index contributed by atoms with van der Waals surface area (Å²) in [5.74, 6) is -1.03. The number of benzene rings is 3. The van der Waals surface area contributed by atoms with E-state index in [4.69, 9.17) is 9.47 Å². The minimum atomic E-state index is -3.99. The second-order valence-electron chi connectivity index (χ2n) is 8.11. The monoisotopic (exact) mass is 494 g/mol. The minimum absolute atomic E-state index is 0.00658. The van der Waals surface area contributed by atoms with Gasteiger partial charge in [-0.2, -0.15) is 4.31 Å². The zero-order valence-corrected chi connectivity index (χ0v) is 20.3. The molecule has 1 aliphatic rings. The van der Waals surface area contributed by atoms with Gasteiger partial charge in [0.05, 0.1) is 12.7 Å². The van der Waals surface area contributed by atoms with Crippen LogP contribution in [0, 0.1) is 0 Å². The Hall–Kier alpha value is -3.69. The van der Waals surface area contributed by atoms with Gasteiger partial charge in [-0.1, -0.05) is 48.5 Å². The number of nitrogens with zero attached hydrogens (tertiary/aromatic N) is 2. The van der Waals surface area contributed by atoms with Crippen molar-refractivity contribution in [2.24, 2.45) is 0 Å². The molecule has 3 aromatic rings. The third kappa shape index (κ3) is 5.21. The van der Waals surface area contributed by atoms with Gasteiger partial charge in [-0.05, 0) is 41.8 Å². The Bertz CT molecular complexity index is 1340. The number of carbonyl (C=O) groups excluding carboxylic acids is 2. The predicted molar refractivity (Wildman–Crippen MR) is 131 cm³/mol. The lowest BCUT2D eigenvalue weighted by Gasteiger charge is -2.20. The molecule has 3 aromatic carbocycles.